The molecule has 3 rings (SSSR count). The van der Waals surface area contributed by atoms with Crippen LogP contribution in [0.4, 0.5) is 0 Å². The molecule has 0 aromatic carbocycles. The van der Waals surface area contributed by atoms with Crippen LogP contribution in [-0.2, 0) is 23.7 Å². The van der Waals surface area contributed by atoms with E-state index in [2.05, 4.69) is 0 Å². The Balaban J connectivity index is 1.69. The summed E-state index contributed by atoms with van der Waals surface area (Å²) in [7, 11) is 0. The Hall–Kier alpha value is -0.640. The average Bonchev–Trinajstić information content (AvgIpc) is 3.08. The topological polar surface area (TPSA) is 269 Å². The standard InChI is InChI=1S/C18H32O16/c19-1-5-8(22)11(25)13(27)16(31-5)30-3-7-9(23)12(26)14(28)17(32-7)34-18(4-21)15(29)10(24)6(2-20)33-18/h5-17,19-29H,1-4H2/t5?,6-,7?,8+,9-,10-,11?,12?,13+,14+,15?,16+,17+,18+/m1/s1. The van der Waals surface area contributed by atoms with Crippen molar-refractivity contribution in [3.8, 4) is 0 Å². The van der Waals surface area contributed by atoms with Crippen LogP contribution in [0.3, 0.4) is 0 Å². The molecule has 3 aliphatic rings. The quantitative estimate of drug-likeness (QED) is 0.146. The van der Waals surface area contributed by atoms with Crippen LogP contribution < -0.4 is 0 Å². The third kappa shape index (κ3) is 5.09. The van der Waals surface area contributed by atoms with E-state index in [-0.39, 0.29) is 0 Å². The number of rotatable bonds is 8. The minimum absolute atomic E-state index is 0.634. The Labute approximate surface area is 192 Å². The molecule has 3 fully saturated rings. The molecule has 0 radical (unpaired) electrons. The van der Waals surface area contributed by atoms with Crippen LogP contribution >= 0.6 is 0 Å². The van der Waals surface area contributed by atoms with Gasteiger partial charge in [-0.2, -0.15) is 0 Å². The molecule has 0 aromatic rings. The smallest absolute Gasteiger partial charge is 0.224 e. The molecule has 16 heteroatoms. The Kier molecular flexibility index (Phi) is 9.18. The molecule has 5 unspecified atom stereocenters. The van der Waals surface area contributed by atoms with Crippen LogP contribution in [0.5, 0.6) is 0 Å². The first kappa shape index (κ1) is 27.9. The second-order valence-electron chi connectivity index (χ2n) is 8.41. The van der Waals surface area contributed by atoms with E-state index in [1.165, 1.54) is 0 Å². The molecule has 16 nitrogen and oxygen atoms in total. The first-order chi connectivity index (χ1) is 16.0. The highest BCUT2D eigenvalue weighted by Crippen LogP contribution is 2.36. The van der Waals surface area contributed by atoms with E-state index >= 15 is 0 Å². The predicted octanol–water partition coefficient (Wildman–Crippen LogP) is -7.57. The summed E-state index contributed by atoms with van der Waals surface area (Å²) in [5.41, 5.74) is 0. The predicted molar refractivity (Wildman–Crippen MR) is 101 cm³/mol. The zero-order chi connectivity index (χ0) is 25.4. The van der Waals surface area contributed by atoms with Gasteiger partial charge in [0.05, 0.1) is 19.8 Å². The van der Waals surface area contributed by atoms with E-state index in [9.17, 15) is 56.2 Å². The fourth-order valence-corrected chi connectivity index (χ4v) is 4.01. The molecule has 14 atom stereocenters. The third-order valence-corrected chi connectivity index (χ3v) is 6.16. The maximum atomic E-state index is 10.3. The summed E-state index contributed by atoms with van der Waals surface area (Å²) in [5, 5.41) is 109. The largest absolute Gasteiger partial charge is 0.394 e. The summed E-state index contributed by atoms with van der Waals surface area (Å²) < 4.78 is 26.4. The molecule has 0 spiro atoms. The van der Waals surface area contributed by atoms with Crippen molar-refractivity contribution in [1.29, 1.82) is 0 Å². The van der Waals surface area contributed by atoms with Crippen LogP contribution in [0.2, 0.25) is 0 Å². The van der Waals surface area contributed by atoms with Crippen molar-refractivity contribution in [2.24, 2.45) is 0 Å². The van der Waals surface area contributed by atoms with Crippen LogP contribution in [0.1, 0.15) is 0 Å². The first-order valence-corrected chi connectivity index (χ1v) is 10.6. The lowest BCUT2D eigenvalue weighted by molar-refractivity contribution is -0.388. The van der Waals surface area contributed by atoms with E-state index < -0.39 is 112 Å². The normalized spacial score (nSPS) is 52.1. The first-order valence-electron chi connectivity index (χ1n) is 10.6. The van der Waals surface area contributed by atoms with E-state index in [0.717, 1.165) is 0 Å². The summed E-state index contributed by atoms with van der Waals surface area (Å²) >= 11 is 0. The van der Waals surface area contributed by atoms with Gasteiger partial charge in [-0.05, 0) is 0 Å². The monoisotopic (exact) mass is 504 g/mol. The minimum atomic E-state index is -2.36. The third-order valence-electron chi connectivity index (χ3n) is 6.16. The summed E-state index contributed by atoms with van der Waals surface area (Å²) in [6.45, 7) is -3.14. The van der Waals surface area contributed by atoms with E-state index in [1.807, 2.05) is 0 Å². The van der Waals surface area contributed by atoms with Gasteiger partial charge in [0.25, 0.3) is 0 Å². The van der Waals surface area contributed by atoms with Crippen molar-refractivity contribution in [3.63, 3.8) is 0 Å². The van der Waals surface area contributed by atoms with Crippen molar-refractivity contribution in [3.05, 3.63) is 0 Å². The van der Waals surface area contributed by atoms with Crippen molar-refractivity contribution in [1.82, 2.24) is 0 Å². The molecule has 0 amide bonds. The molecule has 11 N–H and O–H groups in total. The average molecular weight is 504 g/mol. The zero-order valence-corrected chi connectivity index (χ0v) is 17.8. The van der Waals surface area contributed by atoms with Gasteiger partial charge >= 0.3 is 0 Å². The number of aliphatic hydroxyl groups excluding tert-OH is 11. The van der Waals surface area contributed by atoms with Crippen LogP contribution in [-0.4, -0.2) is 168 Å². The summed E-state index contributed by atoms with van der Waals surface area (Å²) in [4.78, 5) is 0. The summed E-state index contributed by atoms with van der Waals surface area (Å²) in [5.74, 6) is -2.36. The highest BCUT2D eigenvalue weighted by atomic mass is 16.8. The Bertz CT molecular complexity index is 653. The molecule has 3 aliphatic heterocycles. The molecule has 0 saturated carbocycles. The van der Waals surface area contributed by atoms with Gasteiger partial charge in [-0.1, -0.05) is 0 Å². The number of hydrogen-bond donors (Lipinski definition) is 11. The van der Waals surface area contributed by atoms with Gasteiger partial charge in [0, 0.05) is 0 Å². The van der Waals surface area contributed by atoms with E-state index in [0.29, 0.717) is 0 Å². The minimum Gasteiger partial charge on any atom is -0.394 e. The maximum Gasteiger partial charge on any atom is 0.224 e. The van der Waals surface area contributed by atoms with Crippen molar-refractivity contribution < 1.29 is 79.9 Å². The lowest BCUT2D eigenvalue weighted by Gasteiger charge is -2.44. The van der Waals surface area contributed by atoms with Crippen molar-refractivity contribution >= 4 is 0 Å². The fraction of sp³-hybridized carbons (Fsp3) is 1.00. The molecule has 200 valence electrons. The molecule has 0 aliphatic carbocycles. The fourth-order valence-electron chi connectivity index (χ4n) is 4.01. The number of hydrogen-bond acceptors (Lipinski definition) is 16. The van der Waals surface area contributed by atoms with Gasteiger partial charge in [-0.15, -0.1) is 0 Å². The van der Waals surface area contributed by atoms with Gasteiger partial charge < -0.3 is 79.9 Å². The second kappa shape index (κ2) is 11.2. The van der Waals surface area contributed by atoms with Crippen molar-refractivity contribution in [2.75, 3.05) is 26.4 Å². The van der Waals surface area contributed by atoms with Gasteiger partial charge in [0.1, 0.15) is 73.8 Å². The van der Waals surface area contributed by atoms with E-state index in [1.54, 1.807) is 0 Å². The van der Waals surface area contributed by atoms with Gasteiger partial charge in [0.15, 0.2) is 12.6 Å². The van der Waals surface area contributed by atoms with E-state index in [4.69, 9.17) is 23.7 Å². The molecular weight excluding hydrogens is 472 g/mol. The summed E-state index contributed by atoms with van der Waals surface area (Å²) in [6, 6.07) is 0. The Morgan fingerprint density at radius 2 is 1.12 bits per heavy atom. The van der Waals surface area contributed by atoms with Crippen LogP contribution in [0.15, 0.2) is 0 Å². The molecule has 3 saturated heterocycles. The molecule has 34 heavy (non-hydrogen) atoms. The maximum absolute atomic E-state index is 10.3. The zero-order valence-electron chi connectivity index (χ0n) is 17.8. The van der Waals surface area contributed by atoms with Crippen LogP contribution in [0.25, 0.3) is 0 Å². The lowest BCUT2D eigenvalue weighted by atomic mass is 9.98. The van der Waals surface area contributed by atoms with Crippen molar-refractivity contribution in [2.45, 2.75) is 85.5 Å². The highest BCUT2D eigenvalue weighted by molar-refractivity contribution is 4.98. The molecule has 3 heterocycles. The molecule has 0 aromatic heterocycles. The lowest BCUT2D eigenvalue weighted by Crippen LogP contribution is -2.63. The number of aliphatic hydroxyl groups is 11. The Morgan fingerprint density at radius 3 is 1.65 bits per heavy atom. The highest BCUT2D eigenvalue weighted by Gasteiger charge is 2.58. The number of ether oxygens (including phenoxy) is 5. The Morgan fingerprint density at radius 1 is 0.588 bits per heavy atom. The van der Waals surface area contributed by atoms with Gasteiger partial charge in [0.2, 0.25) is 5.79 Å². The molecule has 0 bridgehead atoms. The summed E-state index contributed by atoms with van der Waals surface area (Å²) in [6.07, 6.45) is -21.8. The van der Waals surface area contributed by atoms with Gasteiger partial charge in [-0.3, -0.25) is 0 Å². The SMILES string of the molecule is OCC1O[C@H](OCC2O[C@@H](O[C@]3(CO)O[C@H](CO)[C@@H](O)C3O)[C@@H](O)C(O)[C@@H]2O)[C@@H](O)C(O)[C@H]1O. The van der Waals surface area contributed by atoms with Gasteiger partial charge in [-0.25, -0.2) is 0 Å². The second-order valence-corrected chi connectivity index (χ2v) is 8.41. The van der Waals surface area contributed by atoms with Crippen LogP contribution in [0, 0.1) is 0 Å². The molecular formula is C18H32O16.